The first-order valence-electron chi connectivity index (χ1n) is 8.52. The van der Waals surface area contributed by atoms with Crippen molar-refractivity contribution in [3.8, 4) is 0 Å². The molecule has 4 rings (SSSR count). The quantitative estimate of drug-likeness (QED) is 0.920. The fourth-order valence-corrected chi connectivity index (χ4v) is 4.32. The van der Waals surface area contributed by atoms with Crippen molar-refractivity contribution >= 4 is 45.2 Å². The van der Waals surface area contributed by atoms with Crippen molar-refractivity contribution in [2.75, 3.05) is 18.4 Å². The van der Waals surface area contributed by atoms with Crippen molar-refractivity contribution in [2.24, 2.45) is 4.99 Å². The fraction of sp³-hybridized carbons (Fsp3) is 0.316. The first-order chi connectivity index (χ1) is 12.2. The molecule has 0 aliphatic carbocycles. The molecule has 2 heterocycles. The van der Waals surface area contributed by atoms with E-state index in [-0.39, 0.29) is 18.2 Å². The number of fused-ring (bicyclic) bond motifs is 1. The Kier molecular flexibility index (Phi) is 4.44. The van der Waals surface area contributed by atoms with E-state index in [0.29, 0.717) is 0 Å². The monoisotopic (exact) mass is 353 g/mol. The molecule has 1 unspecified atom stereocenters. The molecule has 6 heteroatoms. The largest absolute Gasteiger partial charge is 0.351 e. The minimum Gasteiger partial charge on any atom is -0.351 e. The predicted molar refractivity (Wildman–Crippen MR) is 102 cm³/mol. The van der Waals surface area contributed by atoms with Gasteiger partial charge in [0.15, 0.2) is 5.17 Å². The van der Waals surface area contributed by atoms with Gasteiger partial charge in [0, 0.05) is 25.2 Å². The zero-order valence-corrected chi connectivity index (χ0v) is 14.6. The lowest BCUT2D eigenvalue weighted by molar-refractivity contribution is -0.121. The highest BCUT2D eigenvalue weighted by molar-refractivity contribution is 8.15. The molecule has 128 valence electrons. The van der Waals surface area contributed by atoms with E-state index in [2.05, 4.69) is 15.2 Å². The van der Waals surface area contributed by atoms with E-state index in [4.69, 9.17) is 0 Å². The van der Waals surface area contributed by atoms with Gasteiger partial charge in [-0.25, -0.2) is 0 Å². The van der Waals surface area contributed by atoms with Crippen molar-refractivity contribution in [3.63, 3.8) is 0 Å². The minimum atomic E-state index is -0.406. The Hall–Kier alpha value is -2.34. The number of nitrogens with zero attached hydrogens (tertiary/aromatic N) is 2. The van der Waals surface area contributed by atoms with Crippen LogP contribution in [0.3, 0.4) is 0 Å². The Morgan fingerprint density at radius 1 is 1.16 bits per heavy atom. The van der Waals surface area contributed by atoms with Gasteiger partial charge in [0.2, 0.25) is 5.91 Å². The highest BCUT2D eigenvalue weighted by atomic mass is 32.2. The van der Waals surface area contributed by atoms with E-state index in [1.54, 1.807) is 0 Å². The number of amides is 2. The molecule has 2 aliphatic heterocycles. The van der Waals surface area contributed by atoms with E-state index in [9.17, 15) is 9.59 Å². The lowest BCUT2D eigenvalue weighted by Gasteiger charge is -2.16. The number of thioether (sulfide) groups is 1. The number of benzene rings is 2. The van der Waals surface area contributed by atoms with E-state index >= 15 is 0 Å². The second-order valence-corrected chi connectivity index (χ2v) is 7.52. The number of hydrogen-bond donors (Lipinski definition) is 1. The molecule has 1 saturated heterocycles. The topological polar surface area (TPSA) is 61.8 Å². The summed E-state index contributed by atoms with van der Waals surface area (Å²) in [6.45, 7) is 1.91. The van der Waals surface area contributed by atoms with Gasteiger partial charge in [-0.3, -0.25) is 9.59 Å². The van der Waals surface area contributed by atoms with Crippen LogP contribution in [0.1, 0.15) is 19.3 Å². The number of hydrogen-bond acceptors (Lipinski definition) is 4. The van der Waals surface area contributed by atoms with Crippen LogP contribution in [0.25, 0.3) is 10.8 Å². The molecule has 2 aliphatic rings. The number of rotatable bonds is 3. The van der Waals surface area contributed by atoms with Gasteiger partial charge in [-0.05, 0) is 35.7 Å². The zero-order valence-electron chi connectivity index (χ0n) is 13.8. The zero-order chi connectivity index (χ0) is 17.2. The first-order valence-corrected chi connectivity index (χ1v) is 9.40. The molecule has 1 fully saturated rings. The standard InChI is InChI=1S/C19H19N3O2S/c23-17(20-15-8-7-13-5-1-2-6-14(13)11-15)12-16-18(24)21-19(25-16)22-9-3-4-10-22/h1-2,5-8,11,16H,3-4,9-10,12H2,(H,20,23). The molecule has 25 heavy (non-hydrogen) atoms. The van der Waals surface area contributed by atoms with Crippen molar-refractivity contribution in [3.05, 3.63) is 42.5 Å². The normalized spacial score (nSPS) is 20.2. The molecule has 5 nitrogen and oxygen atoms in total. The van der Waals surface area contributed by atoms with Gasteiger partial charge in [0.25, 0.3) is 5.91 Å². The summed E-state index contributed by atoms with van der Waals surface area (Å²) in [5.41, 5.74) is 0.750. The Morgan fingerprint density at radius 3 is 2.72 bits per heavy atom. The number of likely N-dealkylation sites (tertiary alicyclic amines) is 1. The molecule has 0 spiro atoms. The van der Waals surface area contributed by atoms with Gasteiger partial charge in [-0.1, -0.05) is 42.1 Å². The second kappa shape index (κ2) is 6.88. The second-order valence-electron chi connectivity index (χ2n) is 6.35. The maximum absolute atomic E-state index is 12.3. The summed E-state index contributed by atoms with van der Waals surface area (Å²) in [5.74, 6) is -0.348. The molecule has 0 saturated carbocycles. The molecule has 1 N–H and O–H groups in total. The summed E-state index contributed by atoms with van der Waals surface area (Å²) < 4.78 is 0. The lowest BCUT2D eigenvalue weighted by Crippen LogP contribution is -2.25. The lowest BCUT2D eigenvalue weighted by atomic mass is 10.1. The molecule has 2 amide bonds. The highest BCUT2D eigenvalue weighted by Crippen LogP contribution is 2.29. The van der Waals surface area contributed by atoms with E-state index < -0.39 is 5.25 Å². The molecular formula is C19H19N3O2S. The number of anilines is 1. The van der Waals surface area contributed by atoms with Crippen LogP contribution in [-0.4, -0.2) is 40.2 Å². The summed E-state index contributed by atoms with van der Waals surface area (Å²) in [5, 5.41) is 5.48. The van der Waals surface area contributed by atoms with Gasteiger partial charge in [0.1, 0.15) is 5.25 Å². The third-order valence-electron chi connectivity index (χ3n) is 4.51. The van der Waals surface area contributed by atoms with Gasteiger partial charge in [-0.2, -0.15) is 4.99 Å². The Bertz CT molecular complexity index is 859. The highest BCUT2D eigenvalue weighted by Gasteiger charge is 2.33. The Balaban J connectivity index is 1.38. The molecule has 0 radical (unpaired) electrons. The number of aliphatic imine (C=N–C) groups is 1. The van der Waals surface area contributed by atoms with Crippen molar-refractivity contribution in [2.45, 2.75) is 24.5 Å². The SMILES string of the molecule is O=C(CC1SC(N2CCCC2)=NC1=O)Nc1ccc2ccccc2c1. The Labute approximate surface area is 150 Å². The smallest absolute Gasteiger partial charge is 0.262 e. The maximum Gasteiger partial charge on any atom is 0.262 e. The van der Waals surface area contributed by atoms with Gasteiger partial charge < -0.3 is 10.2 Å². The summed E-state index contributed by atoms with van der Waals surface area (Å²) >= 11 is 1.42. The van der Waals surface area contributed by atoms with Crippen LogP contribution in [-0.2, 0) is 9.59 Å². The summed E-state index contributed by atoms with van der Waals surface area (Å²) in [7, 11) is 0. The number of carbonyl (C=O) groups excluding carboxylic acids is 2. The molecule has 2 aromatic carbocycles. The third-order valence-corrected chi connectivity index (χ3v) is 5.72. The summed E-state index contributed by atoms with van der Waals surface area (Å²) in [6, 6.07) is 13.8. The summed E-state index contributed by atoms with van der Waals surface area (Å²) in [4.78, 5) is 30.7. The van der Waals surface area contributed by atoms with Gasteiger partial charge in [0.05, 0.1) is 0 Å². The van der Waals surface area contributed by atoms with Crippen molar-refractivity contribution in [1.82, 2.24) is 4.90 Å². The number of carbonyl (C=O) groups is 2. The molecular weight excluding hydrogens is 334 g/mol. The molecule has 0 aromatic heterocycles. The fourth-order valence-electron chi connectivity index (χ4n) is 3.20. The molecule has 1 atom stereocenters. The van der Waals surface area contributed by atoms with Crippen molar-refractivity contribution in [1.29, 1.82) is 0 Å². The van der Waals surface area contributed by atoms with Crippen molar-refractivity contribution < 1.29 is 9.59 Å². The van der Waals surface area contributed by atoms with Gasteiger partial charge >= 0.3 is 0 Å². The maximum atomic E-state index is 12.3. The average molecular weight is 353 g/mol. The van der Waals surface area contributed by atoms with Gasteiger partial charge in [-0.15, -0.1) is 0 Å². The summed E-state index contributed by atoms with van der Waals surface area (Å²) in [6.07, 6.45) is 2.43. The predicted octanol–water partition coefficient (Wildman–Crippen LogP) is 3.26. The number of amidine groups is 1. The third kappa shape index (κ3) is 3.54. The van der Waals surface area contributed by atoms with Crippen LogP contribution < -0.4 is 5.32 Å². The van der Waals surface area contributed by atoms with E-state index in [1.807, 2.05) is 42.5 Å². The van der Waals surface area contributed by atoms with Crippen LogP contribution in [0.5, 0.6) is 0 Å². The number of nitrogens with one attached hydrogen (secondary N) is 1. The molecule has 0 bridgehead atoms. The van der Waals surface area contributed by atoms with Crippen LogP contribution in [0.4, 0.5) is 5.69 Å². The van der Waals surface area contributed by atoms with Crippen LogP contribution in [0, 0.1) is 0 Å². The Morgan fingerprint density at radius 2 is 1.92 bits per heavy atom. The molecule has 2 aromatic rings. The van der Waals surface area contributed by atoms with Crippen LogP contribution >= 0.6 is 11.8 Å². The van der Waals surface area contributed by atoms with E-state index in [0.717, 1.165) is 47.6 Å². The van der Waals surface area contributed by atoms with Crippen LogP contribution in [0.2, 0.25) is 0 Å². The van der Waals surface area contributed by atoms with E-state index in [1.165, 1.54) is 11.8 Å². The average Bonchev–Trinajstić information content (AvgIpc) is 3.25. The minimum absolute atomic E-state index is 0.150. The first kappa shape index (κ1) is 16.1. The van der Waals surface area contributed by atoms with Crippen LogP contribution in [0.15, 0.2) is 47.5 Å².